The number of aryl methyl sites for hydroxylation is 1. The maximum Gasteiger partial charge on any atom is 0.519 e. The predicted molar refractivity (Wildman–Crippen MR) is 159 cm³/mol. The van der Waals surface area contributed by atoms with Crippen LogP contribution in [-0.4, -0.2) is 43.0 Å². The van der Waals surface area contributed by atoms with Gasteiger partial charge in [0.15, 0.2) is 24.7 Å². The van der Waals surface area contributed by atoms with E-state index in [2.05, 4.69) is 26.6 Å². The van der Waals surface area contributed by atoms with Crippen molar-refractivity contribution in [3.05, 3.63) is 51.5 Å². The lowest BCUT2D eigenvalue weighted by Gasteiger charge is -2.32. The molecule has 2 aliphatic carbocycles. The lowest BCUT2D eigenvalue weighted by molar-refractivity contribution is -0.149. The molecule has 2 aromatic rings. The van der Waals surface area contributed by atoms with Gasteiger partial charge in [-0.05, 0) is 93.2 Å². The number of methoxy groups -OCH3 is 1. The SMILES string of the molecule is CCCCC[C@H](CC[C@H]1CC[C@@H]2Cc3c(cccc3OCC(=O)OC)C[C@H]12)OC(=O)CC.Cc1oc(=O)oc1COC(=O)O. The molecule has 44 heavy (non-hydrogen) atoms. The molecule has 4 rings (SSSR count). The predicted octanol–water partition coefficient (Wildman–Crippen LogP) is 6.40. The summed E-state index contributed by atoms with van der Waals surface area (Å²) in [4.78, 5) is 43.7. The Morgan fingerprint density at radius 3 is 2.50 bits per heavy atom. The van der Waals surface area contributed by atoms with Crippen LogP contribution < -0.4 is 10.6 Å². The van der Waals surface area contributed by atoms with Crippen LogP contribution in [-0.2, 0) is 43.2 Å². The highest BCUT2D eigenvalue weighted by atomic mass is 16.7. The number of rotatable bonds is 14. The van der Waals surface area contributed by atoms with E-state index in [1.165, 1.54) is 50.8 Å². The fourth-order valence-electron chi connectivity index (χ4n) is 6.25. The summed E-state index contributed by atoms with van der Waals surface area (Å²) in [6.07, 6.45) is 10.3. The minimum absolute atomic E-state index is 0.0421. The molecule has 1 N–H and O–H groups in total. The van der Waals surface area contributed by atoms with E-state index >= 15 is 0 Å². The van der Waals surface area contributed by atoms with Crippen molar-refractivity contribution in [2.45, 2.75) is 104 Å². The van der Waals surface area contributed by atoms with Crippen molar-refractivity contribution in [2.24, 2.45) is 17.8 Å². The Hall–Kier alpha value is -3.76. The van der Waals surface area contributed by atoms with Crippen LogP contribution in [0.1, 0.15) is 94.3 Å². The Morgan fingerprint density at radius 1 is 1.05 bits per heavy atom. The van der Waals surface area contributed by atoms with Gasteiger partial charge in [0.1, 0.15) is 11.9 Å². The number of unbranched alkanes of at least 4 members (excludes halogenated alkanes) is 2. The number of hydrogen-bond acceptors (Lipinski definition) is 10. The fraction of sp³-hybridized carbons (Fsp3) is 0.636. The van der Waals surface area contributed by atoms with Gasteiger partial charge in [-0.1, -0.05) is 38.8 Å². The number of hydrogen-bond donors (Lipinski definition) is 1. The number of fused-ring (bicyclic) bond motifs is 2. The molecule has 0 aliphatic heterocycles. The van der Waals surface area contributed by atoms with Crippen LogP contribution in [0, 0.1) is 24.7 Å². The molecule has 1 fully saturated rings. The van der Waals surface area contributed by atoms with Gasteiger partial charge in [-0.3, -0.25) is 4.79 Å². The Labute approximate surface area is 258 Å². The summed E-state index contributed by atoms with van der Waals surface area (Å²) in [6.45, 7) is 5.20. The van der Waals surface area contributed by atoms with Crippen molar-refractivity contribution in [2.75, 3.05) is 13.7 Å². The highest BCUT2D eigenvalue weighted by Gasteiger charge is 2.40. The van der Waals surface area contributed by atoms with E-state index in [0.29, 0.717) is 24.2 Å². The van der Waals surface area contributed by atoms with E-state index in [1.807, 2.05) is 19.1 Å². The van der Waals surface area contributed by atoms with Gasteiger partial charge in [-0.15, -0.1) is 0 Å². The monoisotopic (exact) mass is 618 g/mol. The summed E-state index contributed by atoms with van der Waals surface area (Å²) in [5.74, 6) is 1.92. The van der Waals surface area contributed by atoms with Gasteiger partial charge in [-0.2, -0.15) is 0 Å². The van der Waals surface area contributed by atoms with Crippen molar-refractivity contribution in [1.29, 1.82) is 0 Å². The van der Waals surface area contributed by atoms with Gasteiger partial charge in [0.25, 0.3) is 0 Å². The second-order valence-electron chi connectivity index (χ2n) is 11.5. The average molecular weight is 619 g/mol. The molecule has 1 aromatic carbocycles. The molecule has 0 bridgehead atoms. The smallest absolute Gasteiger partial charge is 0.482 e. The zero-order valence-corrected chi connectivity index (χ0v) is 26.3. The molecule has 0 unspecified atom stereocenters. The standard InChI is InChI=1S/C27H40O5.C6H6O6/c1-4-6-7-10-22(32-26(28)5-2)15-14-19-12-13-21-17-24-20(16-23(19)21)9-8-11-25(24)31-18-27(29)30-3;1-3-4(2-10-5(7)8)12-6(9)11-3/h8-9,11,19,21-23H,4-7,10,12-18H2,1-3H3;2H2,1H3,(H,7,8)/t19-,21-,22-,23-;/m1./s1. The van der Waals surface area contributed by atoms with E-state index < -0.39 is 12.0 Å². The quantitative estimate of drug-likeness (QED) is 0.142. The van der Waals surface area contributed by atoms with Crippen LogP contribution in [0.3, 0.4) is 0 Å². The van der Waals surface area contributed by atoms with Gasteiger partial charge in [0.05, 0.1) is 7.11 Å². The fourth-order valence-corrected chi connectivity index (χ4v) is 6.25. The maximum atomic E-state index is 11.9. The second-order valence-corrected chi connectivity index (χ2v) is 11.5. The number of esters is 2. The molecule has 1 heterocycles. The minimum Gasteiger partial charge on any atom is -0.482 e. The van der Waals surface area contributed by atoms with Gasteiger partial charge >= 0.3 is 23.9 Å². The van der Waals surface area contributed by atoms with Crippen molar-refractivity contribution < 1.29 is 47.3 Å². The normalized spacial score (nSPS) is 19.0. The van der Waals surface area contributed by atoms with Crippen LogP contribution in [0.4, 0.5) is 4.79 Å². The van der Waals surface area contributed by atoms with Gasteiger partial charge in [-0.25, -0.2) is 14.4 Å². The first-order valence-electron chi connectivity index (χ1n) is 15.6. The zero-order valence-electron chi connectivity index (χ0n) is 26.3. The molecule has 244 valence electrons. The topological polar surface area (TPSA) is 152 Å². The third kappa shape index (κ3) is 10.4. The van der Waals surface area contributed by atoms with Crippen molar-refractivity contribution in [3.8, 4) is 5.75 Å². The summed E-state index contributed by atoms with van der Waals surface area (Å²) in [5.41, 5.74) is 2.63. The molecular formula is C33H46O11. The Morgan fingerprint density at radius 2 is 1.84 bits per heavy atom. The lowest BCUT2D eigenvalue weighted by Crippen LogP contribution is -2.27. The number of carbonyl (C=O) groups is 3. The summed E-state index contributed by atoms with van der Waals surface area (Å²) in [5, 5.41) is 8.10. The van der Waals surface area contributed by atoms with E-state index in [1.54, 1.807) is 0 Å². The largest absolute Gasteiger partial charge is 0.519 e. The molecule has 1 aromatic heterocycles. The first-order chi connectivity index (χ1) is 21.1. The molecule has 0 saturated heterocycles. The summed E-state index contributed by atoms with van der Waals surface area (Å²) in [7, 11) is 1.38. The van der Waals surface area contributed by atoms with Crippen LogP contribution in [0.25, 0.3) is 0 Å². The molecular weight excluding hydrogens is 572 g/mol. The number of carbonyl (C=O) groups excluding carboxylic acids is 2. The van der Waals surface area contributed by atoms with Gasteiger partial charge < -0.3 is 32.9 Å². The molecule has 0 amide bonds. The molecule has 1 saturated carbocycles. The van der Waals surface area contributed by atoms with Crippen LogP contribution in [0.2, 0.25) is 0 Å². The first kappa shape index (κ1) is 34.7. The Bertz CT molecular complexity index is 1280. The van der Waals surface area contributed by atoms with Crippen LogP contribution in [0.5, 0.6) is 5.75 Å². The van der Waals surface area contributed by atoms with Gasteiger partial charge in [0, 0.05) is 6.42 Å². The van der Waals surface area contributed by atoms with Crippen molar-refractivity contribution in [3.63, 3.8) is 0 Å². The van der Waals surface area contributed by atoms with E-state index in [0.717, 1.165) is 44.3 Å². The number of ether oxygens (including phenoxy) is 4. The third-order valence-corrected chi connectivity index (χ3v) is 8.58. The molecule has 0 radical (unpaired) electrons. The van der Waals surface area contributed by atoms with E-state index in [9.17, 15) is 19.2 Å². The molecule has 0 spiro atoms. The summed E-state index contributed by atoms with van der Waals surface area (Å²) in [6, 6.07) is 6.21. The highest BCUT2D eigenvalue weighted by molar-refractivity contribution is 5.71. The van der Waals surface area contributed by atoms with Crippen molar-refractivity contribution in [1.82, 2.24) is 0 Å². The van der Waals surface area contributed by atoms with E-state index in [4.69, 9.17) is 19.3 Å². The van der Waals surface area contributed by atoms with Gasteiger partial charge in [0.2, 0.25) is 0 Å². The minimum atomic E-state index is -1.43. The summed E-state index contributed by atoms with van der Waals surface area (Å²) >= 11 is 0. The zero-order chi connectivity index (χ0) is 32.1. The molecule has 4 atom stereocenters. The summed E-state index contributed by atoms with van der Waals surface area (Å²) < 4.78 is 29.3. The maximum absolute atomic E-state index is 11.9. The Balaban J connectivity index is 0.000000369. The highest BCUT2D eigenvalue weighted by Crippen LogP contribution is 2.48. The Kier molecular flexibility index (Phi) is 13.8. The second kappa shape index (κ2) is 17.5. The molecule has 11 nitrogen and oxygen atoms in total. The average Bonchev–Trinajstić information content (AvgIpc) is 3.56. The number of carboxylic acid groups (broad SMARTS) is 1. The molecule has 11 heteroatoms. The first-order valence-corrected chi connectivity index (χ1v) is 15.6. The van der Waals surface area contributed by atoms with Crippen LogP contribution >= 0.6 is 0 Å². The molecule has 2 aliphatic rings. The third-order valence-electron chi connectivity index (χ3n) is 8.58. The van der Waals surface area contributed by atoms with Crippen LogP contribution in [0.15, 0.2) is 31.8 Å². The van der Waals surface area contributed by atoms with Crippen molar-refractivity contribution >= 4 is 18.1 Å². The number of benzene rings is 1. The lowest BCUT2D eigenvalue weighted by atomic mass is 9.73. The van der Waals surface area contributed by atoms with E-state index in [-0.39, 0.29) is 42.8 Å².